The molecule has 0 spiro atoms. The molecule has 0 aliphatic heterocycles. The van der Waals surface area contributed by atoms with Crippen LogP contribution in [0.3, 0.4) is 0 Å². The van der Waals surface area contributed by atoms with E-state index in [1.807, 2.05) is 32.9 Å². The summed E-state index contributed by atoms with van der Waals surface area (Å²) < 4.78 is 38.1. The lowest BCUT2D eigenvalue weighted by atomic mass is 10.1. The van der Waals surface area contributed by atoms with E-state index in [4.69, 9.17) is 0 Å². The van der Waals surface area contributed by atoms with E-state index in [0.717, 1.165) is 40.6 Å². The largest absolute Gasteiger partial charge is 0.416 e. The Balaban J connectivity index is 1.84. The smallest absolute Gasteiger partial charge is 0.346 e. The van der Waals surface area contributed by atoms with Crippen LogP contribution in [0.15, 0.2) is 41.3 Å². The number of alkyl halides is 3. The van der Waals surface area contributed by atoms with Crippen LogP contribution in [-0.2, 0) is 15.8 Å². The Morgan fingerprint density at radius 3 is 2.25 bits per heavy atom. The maximum atomic E-state index is 12.7. The minimum atomic E-state index is -4.43. The van der Waals surface area contributed by atoms with Gasteiger partial charge in [-0.1, -0.05) is 23.8 Å². The first-order valence-corrected chi connectivity index (χ1v) is 9.49. The summed E-state index contributed by atoms with van der Waals surface area (Å²) in [5.41, 5.74) is 2.90. The molecule has 0 aromatic heterocycles. The second kappa shape index (κ2) is 9.14. The average Bonchev–Trinajstić information content (AvgIpc) is 2.60. The minimum absolute atomic E-state index is 0.0861. The second-order valence-corrected chi connectivity index (χ2v) is 7.46. The van der Waals surface area contributed by atoms with Crippen molar-refractivity contribution in [2.75, 3.05) is 17.6 Å². The number of hydrogen-bond donors (Lipinski definition) is 2. The van der Waals surface area contributed by atoms with Crippen molar-refractivity contribution in [2.45, 2.75) is 31.8 Å². The summed E-state index contributed by atoms with van der Waals surface area (Å²) in [4.78, 5) is 24.3. The molecule has 0 bridgehead atoms. The standard InChI is InChI=1S/C20H21F3N2O2S/c1-12-7-13(2)19(14(3)8-12)25-17(26)10-24-18(27)11-28-16-6-4-5-15(9-16)20(21,22)23/h4-9H,10-11H2,1-3H3,(H,24,27)(H,25,26). The molecule has 0 saturated heterocycles. The van der Waals surface area contributed by atoms with E-state index in [0.29, 0.717) is 10.6 Å². The fraction of sp³-hybridized carbons (Fsp3) is 0.300. The molecule has 150 valence electrons. The predicted molar refractivity (Wildman–Crippen MR) is 104 cm³/mol. The number of rotatable bonds is 6. The molecular weight excluding hydrogens is 389 g/mol. The van der Waals surface area contributed by atoms with Crippen molar-refractivity contribution >= 4 is 29.3 Å². The van der Waals surface area contributed by atoms with Crippen LogP contribution >= 0.6 is 11.8 Å². The zero-order valence-electron chi connectivity index (χ0n) is 15.7. The SMILES string of the molecule is Cc1cc(C)c(NC(=O)CNC(=O)CSc2cccc(C(F)(F)F)c2)c(C)c1. The Hall–Kier alpha value is -2.48. The summed E-state index contributed by atoms with van der Waals surface area (Å²) in [6, 6.07) is 8.67. The van der Waals surface area contributed by atoms with Crippen LogP contribution in [-0.4, -0.2) is 24.1 Å². The van der Waals surface area contributed by atoms with Gasteiger partial charge in [0.2, 0.25) is 11.8 Å². The highest BCUT2D eigenvalue weighted by Gasteiger charge is 2.30. The maximum Gasteiger partial charge on any atom is 0.416 e. The van der Waals surface area contributed by atoms with Crippen molar-refractivity contribution in [3.63, 3.8) is 0 Å². The molecule has 8 heteroatoms. The molecule has 2 aromatic carbocycles. The van der Waals surface area contributed by atoms with E-state index < -0.39 is 17.6 Å². The first-order chi connectivity index (χ1) is 13.1. The van der Waals surface area contributed by atoms with E-state index >= 15 is 0 Å². The third kappa shape index (κ3) is 6.30. The lowest BCUT2D eigenvalue weighted by molar-refractivity contribution is -0.137. The van der Waals surface area contributed by atoms with Crippen molar-refractivity contribution in [3.05, 3.63) is 58.7 Å². The third-order valence-corrected chi connectivity index (χ3v) is 4.91. The molecule has 2 amide bonds. The van der Waals surface area contributed by atoms with Gasteiger partial charge in [-0.3, -0.25) is 9.59 Å². The zero-order chi connectivity index (χ0) is 20.9. The lowest BCUT2D eigenvalue weighted by Crippen LogP contribution is -2.34. The summed E-state index contributed by atoms with van der Waals surface area (Å²) in [6.45, 7) is 5.53. The van der Waals surface area contributed by atoms with Crippen LogP contribution in [0.4, 0.5) is 18.9 Å². The van der Waals surface area contributed by atoms with Gasteiger partial charge in [-0.05, 0) is 50.1 Å². The van der Waals surface area contributed by atoms with E-state index in [1.54, 1.807) is 0 Å². The van der Waals surface area contributed by atoms with E-state index in [1.165, 1.54) is 12.1 Å². The summed E-state index contributed by atoms with van der Waals surface area (Å²) in [5, 5.41) is 5.25. The lowest BCUT2D eigenvalue weighted by Gasteiger charge is -2.13. The predicted octanol–water partition coefficient (Wildman–Crippen LogP) is 4.48. The highest BCUT2D eigenvalue weighted by molar-refractivity contribution is 8.00. The van der Waals surface area contributed by atoms with Crippen LogP contribution in [0.25, 0.3) is 0 Å². The Morgan fingerprint density at radius 1 is 1.00 bits per heavy atom. The summed E-state index contributed by atoms with van der Waals surface area (Å²) in [5.74, 6) is -0.889. The molecular formula is C20H21F3N2O2S. The molecule has 4 nitrogen and oxygen atoms in total. The highest BCUT2D eigenvalue weighted by atomic mass is 32.2. The van der Waals surface area contributed by atoms with Crippen LogP contribution in [0.2, 0.25) is 0 Å². The van der Waals surface area contributed by atoms with Crippen molar-refractivity contribution in [3.8, 4) is 0 Å². The molecule has 0 fully saturated rings. The van der Waals surface area contributed by atoms with Gasteiger partial charge < -0.3 is 10.6 Å². The van der Waals surface area contributed by atoms with E-state index in [9.17, 15) is 22.8 Å². The highest BCUT2D eigenvalue weighted by Crippen LogP contribution is 2.31. The van der Waals surface area contributed by atoms with Gasteiger partial charge in [-0.15, -0.1) is 11.8 Å². The molecule has 0 aliphatic rings. The van der Waals surface area contributed by atoms with Gasteiger partial charge in [0, 0.05) is 10.6 Å². The van der Waals surface area contributed by atoms with Crippen LogP contribution < -0.4 is 10.6 Å². The molecule has 0 unspecified atom stereocenters. The van der Waals surface area contributed by atoms with Crippen LogP contribution in [0.5, 0.6) is 0 Å². The summed E-state index contributed by atoms with van der Waals surface area (Å²) in [6.07, 6.45) is -4.43. The Bertz CT molecular complexity index is 859. The minimum Gasteiger partial charge on any atom is -0.346 e. The van der Waals surface area contributed by atoms with Crippen molar-refractivity contribution in [1.29, 1.82) is 0 Å². The van der Waals surface area contributed by atoms with Crippen LogP contribution in [0.1, 0.15) is 22.3 Å². The molecule has 0 atom stereocenters. The first-order valence-electron chi connectivity index (χ1n) is 8.50. The van der Waals surface area contributed by atoms with Gasteiger partial charge in [-0.2, -0.15) is 13.2 Å². The number of thioether (sulfide) groups is 1. The number of amides is 2. The second-order valence-electron chi connectivity index (χ2n) is 6.41. The molecule has 2 N–H and O–H groups in total. The first kappa shape index (κ1) is 21.8. The molecule has 28 heavy (non-hydrogen) atoms. The monoisotopic (exact) mass is 410 g/mol. The molecule has 0 aliphatic carbocycles. The van der Waals surface area contributed by atoms with Gasteiger partial charge in [0.15, 0.2) is 0 Å². The van der Waals surface area contributed by atoms with E-state index in [2.05, 4.69) is 10.6 Å². The number of hydrogen-bond acceptors (Lipinski definition) is 3. The number of carbonyl (C=O) groups is 2. The zero-order valence-corrected chi connectivity index (χ0v) is 16.6. The van der Waals surface area contributed by atoms with Crippen LogP contribution in [0, 0.1) is 20.8 Å². The van der Waals surface area contributed by atoms with Crippen molar-refractivity contribution < 1.29 is 22.8 Å². The summed E-state index contributed by atoms with van der Waals surface area (Å²) in [7, 11) is 0. The van der Waals surface area contributed by atoms with E-state index in [-0.39, 0.29) is 18.2 Å². The van der Waals surface area contributed by atoms with Gasteiger partial charge >= 0.3 is 6.18 Å². The Labute approximate surface area is 165 Å². The topological polar surface area (TPSA) is 58.2 Å². The Morgan fingerprint density at radius 2 is 1.64 bits per heavy atom. The normalized spacial score (nSPS) is 11.2. The quantitative estimate of drug-likeness (QED) is 0.691. The molecule has 0 radical (unpaired) electrons. The molecule has 2 aromatic rings. The average molecular weight is 410 g/mol. The Kier molecular flexibility index (Phi) is 7.12. The van der Waals surface area contributed by atoms with Gasteiger partial charge in [0.05, 0.1) is 17.9 Å². The molecule has 2 rings (SSSR count). The molecule has 0 saturated carbocycles. The fourth-order valence-electron chi connectivity index (χ4n) is 2.70. The van der Waals surface area contributed by atoms with Gasteiger partial charge in [0.25, 0.3) is 0 Å². The number of anilines is 1. The maximum absolute atomic E-state index is 12.7. The number of aryl methyl sites for hydroxylation is 3. The van der Waals surface area contributed by atoms with Crippen molar-refractivity contribution in [2.24, 2.45) is 0 Å². The number of carbonyl (C=O) groups excluding carboxylic acids is 2. The number of nitrogens with one attached hydrogen (secondary N) is 2. The summed E-state index contributed by atoms with van der Waals surface area (Å²) >= 11 is 0.977. The number of halogens is 3. The van der Waals surface area contributed by atoms with Gasteiger partial charge in [-0.25, -0.2) is 0 Å². The van der Waals surface area contributed by atoms with Crippen molar-refractivity contribution in [1.82, 2.24) is 5.32 Å². The molecule has 0 heterocycles. The third-order valence-electron chi connectivity index (χ3n) is 3.92. The fourth-order valence-corrected chi connectivity index (χ4v) is 3.49. The van der Waals surface area contributed by atoms with Gasteiger partial charge in [0.1, 0.15) is 0 Å². The number of benzene rings is 2.